The van der Waals surface area contributed by atoms with Crippen molar-refractivity contribution in [2.24, 2.45) is 0 Å². The van der Waals surface area contributed by atoms with Crippen LogP contribution in [0.3, 0.4) is 0 Å². The van der Waals surface area contributed by atoms with Crippen LogP contribution < -0.4 is 5.73 Å². The Balaban J connectivity index is 2.25. The molecule has 0 spiro atoms. The Morgan fingerprint density at radius 1 is 1.40 bits per heavy atom. The molecule has 0 aliphatic rings. The Bertz CT molecular complexity index is 481. The first kappa shape index (κ1) is 9.98. The highest BCUT2D eigenvalue weighted by Gasteiger charge is 2.03. The van der Waals surface area contributed by atoms with Crippen LogP contribution in [0.5, 0.6) is 0 Å². The monoisotopic (exact) mass is 225 g/mol. The van der Waals surface area contributed by atoms with Gasteiger partial charge in [0.25, 0.3) is 0 Å². The molecule has 0 saturated heterocycles. The lowest BCUT2D eigenvalue weighted by molar-refractivity contribution is 0.625. The molecule has 0 fully saturated rings. The predicted octanol–water partition coefficient (Wildman–Crippen LogP) is 2.31. The maximum absolute atomic E-state index is 12.9. The van der Waals surface area contributed by atoms with E-state index in [-0.39, 0.29) is 5.02 Å². The van der Waals surface area contributed by atoms with Crippen LogP contribution in [0, 0.1) is 5.82 Å². The second kappa shape index (κ2) is 3.90. The Morgan fingerprint density at radius 3 is 2.80 bits per heavy atom. The second-order valence-corrected chi connectivity index (χ2v) is 3.57. The molecule has 0 atom stereocenters. The van der Waals surface area contributed by atoms with Gasteiger partial charge in [-0.25, -0.2) is 9.07 Å². The van der Waals surface area contributed by atoms with E-state index in [9.17, 15) is 4.39 Å². The van der Waals surface area contributed by atoms with Crippen LogP contribution in [0.2, 0.25) is 5.02 Å². The van der Waals surface area contributed by atoms with Crippen molar-refractivity contribution in [3.05, 3.63) is 46.9 Å². The molecule has 15 heavy (non-hydrogen) atoms. The van der Waals surface area contributed by atoms with E-state index in [1.807, 2.05) is 0 Å². The Morgan fingerprint density at radius 2 is 2.20 bits per heavy atom. The molecular weight excluding hydrogens is 217 g/mol. The fourth-order valence-electron chi connectivity index (χ4n) is 1.29. The minimum Gasteiger partial charge on any atom is -0.384 e. The molecular formula is C10H9ClFN3. The zero-order valence-electron chi connectivity index (χ0n) is 7.82. The lowest BCUT2D eigenvalue weighted by Gasteiger charge is -2.04. The van der Waals surface area contributed by atoms with Gasteiger partial charge >= 0.3 is 0 Å². The van der Waals surface area contributed by atoms with Crippen LogP contribution in [-0.4, -0.2) is 9.78 Å². The van der Waals surface area contributed by atoms with E-state index in [2.05, 4.69) is 5.10 Å². The van der Waals surface area contributed by atoms with Crippen LogP contribution in [0.15, 0.2) is 30.5 Å². The number of halogens is 2. The molecule has 78 valence electrons. The van der Waals surface area contributed by atoms with Crippen molar-refractivity contribution in [3.8, 4) is 0 Å². The lowest BCUT2D eigenvalue weighted by atomic mass is 10.2. The van der Waals surface area contributed by atoms with Crippen molar-refractivity contribution in [1.29, 1.82) is 0 Å². The predicted molar refractivity (Wildman–Crippen MR) is 57.2 cm³/mol. The summed E-state index contributed by atoms with van der Waals surface area (Å²) >= 11 is 5.66. The van der Waals surface area contributed by atoms with Crippen molar-refractivity contribution in [1.82, 2.24) is 9.78 Å². The van der Waals surface area contributed by atoms with Gasteiger partial charge in [0.15, 0.2) is 0 Å². The third-order valence-corrected chi connectivity index (χ3v) is 2.36. The third kappa shape index (κ3) is 2.10. The van der Waals surface area contributed by atoms with Crippen LogP contribution in [0.1, 0.15) is 5.56 Å². The standard InChI is InChI=1S/C10H9ClFN3/c11-8-5-7(1-2-9(8)12)6-15-10(13)3-4-14-15/h1-5H,6,13H2. The smallest absolute Gasteiger partial charge is 0.141 e. The lowest BCUT2D eigenvalue weighted by Crippen LogP contribution is -2.05. The number of aromatic nitrogens is 2. The molecule has 2 N–H and O–H groups in total. The summed E-state index contributed by atoms with van der Waals surface area (Å²) in [4.78, 5) is 0. The van der Waals surface area contributed by atoms with E-state index in [4.69, 9.17) is 17.3 Å². The number of hydrogen-bond acceptors (Lipinski definition) is 2. The molecule has 0 bridgehead atoms. The number of anilines is 1. The van der Waals surface area contributed by atoms with Crippen molar-refractivity contribution in [3.63, 3.8) is 0 Å². The highest BCUT2D eigenvalue weighted by atomic mass is 35.5. The molecule has 0 aliphatic carbocycles. The first-order chi connectivity index (χ1) is 7.16. The summed E-state index contributed by atoms with van der Waals surface area (Å²) < 4.78 is 14.5. The first-order valence-corrected chi connectivity index (χ1v) is 4.76. The Kier molecular flexibility index (Phi) is 2.60. The summed E-state index contributed by atoms with van der Waals surface area (Å²) in [6.07, 6.45) is 1.61. The van der Waals surface area contributed by atoms with Gasteiger partial charge in [0.1, 0.15) is 11.6 Å². The summed E-state index contributed by atoms with van der Waals surface area (Å²) in [5.41, 5.74) is 6.51. The second-order valence-electron chi connectivity index (χ2n) is 3.16. The van der Waals surface area contributed by atoms with Gasteiger partial charge in [0, 0.05) is 0 Å². The van der Waals surface area contributed by atoms with Gasteiger partial charge in [-0.3, -0.25) is 0 Å². The molecule has 1 heterocycles. The molecule has 1 aromatic carbocycles. The number of benzene rings is 1. The van der Waals surface area contributed by atoms with Gasteiger partial charge in [-0.15, -0.1) is 0 Å². The van der Waals surface area contributed by atoms with Gasteiger partial charge < -0.3 is 5.73 Å². The summed E-state index contributed by atoms with van der Waals surface area (Å²) in [5, 5.41) is 4.13. The number of hydrogen-bond donors (Lipinski definition) is 1. The van der Waals surface area contributed by atoms with Gasteiger partial charge in [-0.2, -0.15) is 5.10 Å². The maximum atomic E-state index is 12.9. The van der Waals surface area contributed by atoms with Crippen molar-refractivity contribution >= 4 is 17.4 Å². The molecule has 5 heteroatoms. The minimum atomic E-state index is -0.422. The quantitative estimate of drug-likeness (QED) is 0.853. The molecule has 0 aliphatic heterocycles. The van der Waals surface area contributed by atoms with E-state index >= 15 is 0 Å². The molecule has 2 aromatic rings. The van der Waals surface area contributed by atoms with Crippen molar-refractivity contribution < 1.29 is 4.39 Å². The molecule has 3 nitrogen and oxygen atoms in total. The van der Waals surface area contributed by atoms with E-state index < -0.39 is 5.82 Å². The number of rotatable bonds is 2. The molecule has 2 rings (SSSR count). The van der Waals surface area contributed by atoms with Gasteiger partial charge in [-0.05, 0) is 23.8 Å². The molecule has 0 unspecified atom stereocenters. The zero-order chi connectivity index (χ0) is 10.8. The van der Waals surface area contributed by atoms with Gasteiger partial charge in [0.2, 0.25) is 0 Å². The van der Waals surface area contributed by atoms with E-state index in [1.54, 1.807) is 29.1 Å². The van der Waals surface area contributed by atoms with Crippen LogP contribution in [0.4, 0.5) is 10.2 Å². The fourth-order valence-corrected chi connectivity index (χ4v) is 1.49. The van der Waals surface area contributed by atoms with E-state index in [1.165, 1.54) is 6.07 Å². The fraction of sp³-hybridized carbons (Fsp3) is 0.100. The average Bonchev–Trinajstić information content (AvgIpc) is 2.59. The summed E-state index contributed by atoms with van der Waals surface area (Å²) in [6, 6.07) is 6.25. The van der Waals surface area contributed by atoms with E-state index in [0.29, 0.717) is 12.4 Å². The third-order valence-electron chi connectivity index (χ3n) is 2.07. The zero-order valence-corrected chi connectivity index (χ0v) is 8.58. The first-order valence-electron chi connectivity index (χ1n) is 4.38. The van der Waals surface area contributed by atoms with Crippen LogP contribution >= 0.6 is 11.6 Å². The molecule has 0 amide bonds. The largest absolute Gasteiger partial charge is 0.384 e. The highest BCUT2D eigenvalue weighted by Crippen LogP contribution is 2.17. The Labute approximate surface area is 91.3 Å². The minimum absolute atomic E-state index is 0.109. The number of nitrogen functional groups attached to an aromatic ring is 1. The van der Waals surface area contributed by atoms with Crippen molar-refractivity contribution in [2.75, 3.05) is 5.73 Å². The Hall–Kier alpha value is -1.55. The normalized spacial score (nSPS) is 10.5. The summed E-state index contributed by atoms with van der Waals surface area (Å²) in [5.74, 6) is 0.143. The van der Waals surface area contributed by atoms with Crippen LogP contribution in [0.25, 0.3) is 0 Å². The molecule has 0 saturated carbocycles. The number of nitrogens with zero attached hydrogens (tertiary/aromatic N) is 2. The SMILES string of the molecule is Nc1ccnn1Cc1ccc(F)c(Cl)c1. The maximum Gasteiger partial charge on any atom is 0.141 e. The molecule has 0 radical (unpaired) electrons. The molecule has 1 aromatic heterocycles. The van der Waals surface area contributed by atoms with Crippen LogP contribution in [-0.2, 0) is 6.54 Å². The van der Waals surface area contributed by atoms with E-state index in [0.717, 1.165) is 5.56 Å². The summed E-state index contributed by atoms with van der Waals surface area (Å²) in [7, 11) is 0. The summed E-state index contributed by atoms with van der Waals surface area (Å²) in [6.45, 7) is 0.485. The number of nitrogens with two attached hydrogens (primary N) is 1. The topological polar surface area (TPSA) is 43.8 Å². The van der Waals surface area contributed by atoms with Crippen molar-refractivity contribution in [2.45, 2.75) is 6.54 Å². The van der Waals surface area contributed by atoms with Gasteiger partial charge in [-0.1, -0.05) is 17.7 Å². The average molecular weight is 226 g/mol. The van der Waals surface area contributed by atoms with Gasteiger partial charge in [0.05, 0.1) is 17.8 Å². The highest BCUT2D eigenvalue weighted by molar-refractivity contribution is 6.30.